The number of hydrogen-bond acceptors (Lipinski definition) is 0. The average molecular weight is 199 g/mol. The third kappa shape index (κ3) is 3.42. The first-order valence-corrected chi connectivity index (χ1v) is 7.38. The van der Waals surface area contributed by atoms with E-state index in [0.717, 1.165) is 5.54 Å². The van der Waals surface area contributed by atoms with Crippen molar-refractivity contribution in [3.05, 3.63) is 35.9 Å². The van der Waals surface area contributed by atoms with Crippen LogP contribution in [0.5, 0.6) is 0 Å². The van der Waals surface area contributed by atoms with Crippen LogP contribution in [0, 0.1) is 0 Å². The van der Waals surface area contributed by atoms with E-state index in [0.29, 0.717) is 0 Å². The summed E-state index contributed by atoms with van der Waals surface area (Å²) in [7, 11) is -0.305. The van der Waals surface area contributed by atoms with Crippen LogP contribution in [0.1, 0.15) is 18.9 Å². The Hall–Kier alpha value is -0.273. The molecule has 0 radical (unpaired) electrons. The lowest BCUT2D eigenvalue weighted by atomic mass is 10.1. The number of aryl methyl sites for hydroxylation is 1. The maximum absolute atomic E-state index is 5.86. The fraction of sp³-hybridized carbons (Fsp3) is 0.400. The Labute approximate surface area is 81.5 Å². The van der Waals surface area contributed by atoms with Gasteiger partial charge in [0, 0.05) is 0 Å². The molecule has 0 N–H and O–H groups in total. The molecule has 1 unspecified atom stereocenters. The van der Waals surface area contributed by atoms with E-state index in [-0.39, 0.29) is 8.83 Å². The van der Waals surface area contributed by atoms with Gasteiger partial charge in [-0.05, 0) is 23.9 Å². The number of halogens is 1. The second-order valence-electron chi connectivity index (χ2n) is 3.28. The van der Waals surface area contributed by atoms with Crippen molar-refractivity contribution in [1.29, 1.82) is 0 Å². The zero-order chi connectivity index (χ0) is 8.81. The average Bonchev–Trinajstić information content (AvgIpc) is 2.16. The second-order valence-corrected chi connectivity index (χ2v) is 5.91. The summed E-state index contributed by atoms with van der Waals surface area (Å²) in [6.07, 6.45) is 2.43. The molecule has 0 fully saturated rings. The molecule has 0 heterocycles. The van der Waals surface area contributed by atoms with Crippen LogP contribution in [0.25, 0.3) is 0 Å². The fourth-order valence-corrected chi connectivity index (χ4v) is 1.96. The lowest BCUT2D eigenvalue weighted by Crippen LogP contribution is -1.95. The highest BCUT2D eigenvalue weighted by Crippen LogP contribution is 2.13. The van der Waals surface area contributed by atoms with Gasteiger partial charge in [-0.3, -0.25) is 0 Å². The number of hydrogen-bond donors (Lipinski definition) is 0. The van der Waals surface area contributed by atoms with Gasteiger partial charge >= 0.3 is 0 Å². The minimum absolute atomic E-state index is 0.305. The molecule has 1 rings (SSSR count). The van der Waals surface area contributed by atoms with Crippen LogP contribution in [-0.4, -0.2) is 8.83 Å². The van der Waals surface area contributed by atoms with Gasteiger partial charge in [-0.25, -0.2) is 0 Å². The zero-order valence-electron chi connectivity index (χ0n) is 7.46. The summed E-state index contributed by atoms with van der Waals surface area (Å²) >= 11 is 5.86. The summed E-state index contributed by atoms with van der Waals surface area (Å²) in [5.74, 6) is 0. The Bertz CT molecular complexity index is 210. The summed E-state index contributed by atoms with van der Waals surface area (Å²) in [4.78, 5) is 0. The molecular weight excluding hydrogens is 184 g/mol. The monoisotopic (exact) mass is 198 g/mol. The van der Waals surface area contributed by atoms with Crippen molar-refractivity contribution in [3.63, 3.8) is 0 Å². The minimum Gasteiger partial charge on any atom is -0.176 e. The van der Waals surface area contributed by atoms with Gasteiger partial charge < -0.3 is 0 Å². The highest BCUT2D eigenvalue weighted by Gasteiger charge is 2.00. The highest BCUT2D eigenvalue weighted by atomic mass is 35.6. The third-order valence-corrected chi connectivity index (χ3v) is 4.55. The van der Waals surface area contributed by atoms with Crippen molar-refractivity contribution in [2.45, 2.75) is 25.3 Å². The molecule has 0 nitrogen and oxygen atoms in total. The summed E-state index contributed by atoms with van der Waals surface area (Å²) in [6, 6.07) is 10.6. The first-order chi connectivity index (χ1) is 5.83. The Morgan fingerprint density at radius 2 is 2.00 bits per heavy atom. The van der Waals surface area contributed by atoms with Crippen LogP contribution in [-0.2, 0) is 6.42 Å². The summed E-state index contributed by atoms with van der Waals surface area (Å²) < 4.78 is 0. The fourth-order valence-electron chi connectivity index (χ4n) is 1.13. The highest BCUT2D eigenvalue weighted by molar-refractivity contribution is 6.94. The van der Waals surface area contributed by atoms with Crippen molar-refractivity contribution in [3.8, 4) is 0 Å². The van der Waals surface area contributed by atoms with Gasteiger partial charge in [0.15, 0.2) is 0 Å². The second kappa shape index (κ2) is 5.39. The lowest BCUT2D eigenvalue weighted by Gasteiger charge is -2.05. The Balaban J connectivity index is 2.33. The summed E-state index contributed by atoms with van der Waals surface area (Å²) in [5, 5.41) is 0. The summed E-state index contributed by atoms with van der Waals surface area (Å²) in [5.41, 5.74) is 2.20. The van der Waals surface area contributed by atoms with Gasteiger partial charge in [0.2, 0.25) is 0 Å². The lowest BCUT2D eigenvalue weighted by molar-refractivity contribution is 0.790. The van der Waals surface area contributed by atoms with Crippen molar-refractivity contribution in [2.24, 2.45) is 0 Å². The molecule has 12 heavy (non-hydrogen) atoms. The minimum atomic E-state index is -0.305. The van der Waals surface area contributed by atoms with E-state index in [1.807, 2.05) is 0 Å². The topological polar surface area (TPSA) is 0 Å². The standard InChI is InChI=1S/C10H15ClSi/c1-9(12-11)7-8-10-5-3-2-4-6-10/h2-6,9H,7-8,12H2,1H3. The van der Waals surface area contributed by atoms with Crippen molar-refractivity contribution < 1.29 is 0 Å². The molecular formula is C10H15ClSi. The molecule has 0 aliphatic rings. The molecule has 0 aliphatic carbocycles. The smallest absolute Gasteiger partial charge is 0.128 e. The van der Waals surface area contributed by atoms with Crippen LogP contribution in [0.15, 0.2) is 30.3 Å². The molecule has 0 bridgehead atoms. The van der Waals surface area contributed by atoms with E-state index in [9.17, 15) is 0 Å². The third-order valence-electron chi connectivity index (χ3n) is 2.03. The summed E-state index contributed by atoms with van der Waals surface area (Å²) in [6.45, 7) is 2.25. The van der Waals surface area contributed by atoms with Gasteiger partial charge in [-0.15, -0.1) is 0 Å². The molecule has 0 spiro atoms. The van der Waals surface area contributed by atoms with Gasteiger partial charge in [0.1, 0.15) is 8.83 Å². The predicted octanol–water partition coefficient (Wildman–Crippen LogP) is 2.75. The molecule has 0 aromatic heterocycles. The Kier molecular flexibility index (Phi) is 4.40. The zero-order valence-corrected chi connectivity index (χ0v) is 9.63. The molecule has 1 aromatic carbocycles. The normalized spacial score (nSPS) is 13.8. The van der Waals surface area contributed by atoms with Gasteiger partial charge in [0.05, 0.1) is 0 Å². The Morgan fingerprint density at radius 1 is 1.33 bits per heavy atom. The van der Waals surface area contributed by atoms with E-state index in [2.05, 4.69) is 37.3 Å². The van der Waals surface area contributed by atoms with Crippen LogP contribution in [0.3, 0.4) is 0 Å². The van der Waals surface area contributed by atoms with Crippen molar-refractivity contribution in [1.82, 2.24) is 0 Å². The van der Waals surface area contributed by atoms with E-state index >= 15 is 0 Å². The molecule has 1 aromatic rings. The molecule has 0 aliphatic heterocycles. The molecule has 0 amide bonds. The van der Waals surface area contributed by atoms with E-state index in [4.69, 9.17) is 11.1 Å². The largest absolute Gasteiger partial charge is 0.176 e. The maximum atomic E-state index is 5.86. The molecule has 2 heteroatoms. The molecule has 0 saturated heterocycles. The van der Waals surface area contributed by atoms with Crippen LogP contribution >= 0.6 is 11.1 Å². The first kappa shape index (κ1) is 9.81. The predicted molar refractivity (Wildman–Crippen MR) is 58.6 cm³/mol. The van der Waals surface area contributed by atoms with Gasteiger partial charge in [0.25, 0.3) is 0 Å². The Morgan fingerprint density at radius 3 is 2.58 bits per heavy atom. The van der Waals surface area contributed by atoms with E-state index in [1.165, 1.54) is 18.4 Å². The SMILES string of the molecule is CC(CCc1ccccc1)[SiH2]Cl. The van der Waals surface area contributed by atoms with Gasteiger partial charge in [-0.2, -0.15) is 11.1 Å². The number of benzene rings is 1. The van der Waals surface area contributed by atoms with E-state index in [1.54, 1.807) is 0 Å². The quantitative estimate of drug-likeness (QED) is 0.516. The van der Waals surface area contributed by atoms with Crippen LogP contribution in [0.4, 0.5) is 0 Å². The number of rotatable bonds is 4. The molecule has 66 valence electrons. The molecule has 0 saturated carbocycles. The molecule has 1 atom stereocenters. The maximum Gasteiger partial charge on any atom is 0.128 e. The first-order valence-electron chi connectivity index (χ1n) is 4.43. The van der Waals surface area contributed by atoms with E-state index < -0.39 is 0 Å². The van der Waals surface area contributed by atoms with Crippen LogP contribution in [0.2, 0.25) is 5.54 Å². The van der Waals surface area contributed by atoms with Crippen molar-refractivity contribution >= 4 is 19.9 Å². The van der Waals surface area contributed by atoms with Gasteiger partial charge in [-0.1, -0.05) is 37.3 Å². The van der Waals surface area contributed by atoms with Crippen molar-refractivity contribution in [2.75, 3.05) is 0 Å². The van der Waals surface area contributed by atoms with Crippen LogP contribution < -0.4 is 0 Å².